The fraction of sp³-hybridized carbons (Fsp3) is 1.00. The highest BCUT2D eigenvalue weighted by Gasteiger charge is 2.32. The summed E-state index contributed by atoms with van der Waals surface area (Å²) < 4.78 is 6.19. The van der Waals surface area contributed by atoms with Crippen molar-refractivity contribution in [3.63, 3.8) is 0 Å². The fourth-order valence-corrected chi connectivity index (χ4v) is 4.31. The highest BCUT2D eigenvalue weighted by Crippen LogP contribution is 2.35. The van der Waals surface area contributed by atoms with Gasteiger partial charge in [-0.2, -0.15) is 0 Å². The number of hydrogen-bond acceptors (Lipinski definition) is 2. The van der Waals surface area contributed by atoms with E-state index in [1.807, 2.05) is 0 Å². The van der Waals surface area contributed by atoms with Crippen molar-refractivity contribution in [2.24, 2.45) is 23.7 Å². The van der Waals surface area contributed by atoms with Crippen LogP contribution in [0.25, 0.3) is 0 Å². The Kier molecular flexibility index (Phi) is 7.17. The van der Waals surface area contributed by atoms with Crippen LogP contribution in [0.15, 0.2) is 0 Å². The van der Waals surface area contributed by atoms with E-state index in [-0.39, 0.29) is 6.10 Å². The molecule has 22 heavy (non-hydrogen) atoms. The van der Waals surface area contributed by atoms with Crippen LogP contribution in [-0.4, -0.2) is 43.6 Å². The van der Waals surface area contributed by atoms with Gasteiger partial charge in [0.1, 0.15) is 12.6 Å². The van der Waals surface area contributed by atoms with Gasteiger partial charge in [0.25, 0.3) is 0 Å². The zero-order chi connectivity index (χ0) is 16.1. The number of likely N-dealkylation sites (tertiary alicyclic amines) is 1. The summed E-state index contributed by atoms with van der Waals surface area (Å²) >= 11 is 0. The fourth-order valence-electron chi connectivity index (χ4n) is 4.31. The number of piperidine rings is 1. The van der Waals surface area contributed by atoms with E-state index < -0.39 is 0 Å². The van der Waals surface area contributed by atoms with E-state index in [1.54, 1.807) is 4.90 Å². The first-order valence-corrected chi connectivity index (χ1v) is 9.59. The van der Waals surface area contributed by atoms with Crippen LogP contribution in [0.2, 0.25) is 0 Å². The molecule has 1 saturated heterocycles. The molecule has 3 nitrogen and oxygen atoms in total. The first-order valence-electron chi connectivity index (χ1n) is 9.59. The Labute approximate surface area is 137 Å². The van der Waals surface area contributed by atoms with Crippen LogP contribution in [-0.2, 0) is 4.74 Å². The Morgan fingerprint density at radius 3 is 2.36 bits per heavy atom. The molecule has 0 aromatic heterocycles. The minimum atomic E-state index is -0.298. The van der Waals surface area contributed by atoms with E-state index in [1.165, 1.54) is 45.2 Å². The van der Waals surface area contributed by atoms with E-state index in [2.05, 4.69) is 27.7 Å². The molecule has 1 heterocycles. The van der Waals surface area contributed by atoms with Crippen molar-refractivity contribution in [3.8, 4) is 0 Å². The van der Waals surface area contributed by atoms with Gasteiger partial charge in [0.05, 0.1) is 25.8 Å². The van der Waals surface area contributed by atoms with Gasteiger partial charge in [-0.1, -0.05) is 34.1 Å². The van der Waals surface area contributed by atoms with Crippen LogP contribution in [0, 0.1) is 23.7 Å². The normalized spacial score (nSPS) is 38.2. The molecular formula is C19H38NO2+. The van der Waals surface area contributed by atoms with Crippen molar-refractivity contribution in [2.45, 2.75) is 72.0 Å². The van der Waals surface area contributed by atoms with E-state index in [9.17, 15) is 5.11 Å². The molecule has 2 rings (SSSR count). The number of aliphatic hydroxyl groups is 1. The zero-order valence-corrected chi connectivity index (χ0v) is 15.2. The van der Waals surface area contributed by atoms with Crippen molar-refractivity contribution in [1.29, 1.82) is 0 Å². The Balaban J connectivity index is 1.73. The van der Waals surface area contributed by atoms with Gasteiger partial charge in [-0.25, -0.2) is 0 Å². The first-order chi connectivity index (χ1) is 10.5. The molecule has 0 aromatic carbocycles. The number of aliphatic hydroxyl groups excluding tert-OH is 1. The summed E-state index contributed by atoms with van der Waals surface area (Å²) in [6, 6.07) is 0. The second kappa shape index (κ2) is 8.65. The Morgan fingerprint density at radius 1 is 1.05 bits per heavy atom. The molecule has 130 valence electrons. The molecule has 0 aromatic rings. The summed E-state index contributed by atoms with van der Waals surface area (Å²) in [5.41, 5.74) is 0. The number of nitrogens with one attached hydrogen (secondary N) is 1. The molecule has 1 saturated carbocycles. The third kappa shape index (κ3) is 5.50. The van der Waals surface area contributed by atoms with Crippen LogP contribution < -0.4 is 4.90 Å². The SMILES string of the molecule is CC1CC[NH+](C[C@@H](O)CO[C@H]2C[C@H](C)CC[C@@H]2C(C)C)CC1. The Morgan fingerprint density at radius 2 is 1.73 bits per heavy atom. The second-order valence-corrected chi connectivity index (χ2v) is 8.49. The second-order valence-electron chi connectivity index (χ2n) is 8.49. The Bertz CT molecular complexity index is 313. The standard InChI is InChI=1S/C19H37NO2/c1-14(2)18-6-5-16(4)11-19(18)22-13-17(21)12-20-9-7-15(3)8-10-20/h14-19,21H,5-13H2,1-4H3/p+1/t16-,17-,18-,19+/m1/s1. The van der Waals surface area contributed by atoms with Crippen molar-refractivity contribution in [2.75, 3.05) is 26.2 Å². The molecule has 0 radical (unpaired) electrons. The predicted molar refractivity (Wildman–Crippen MR) is 91.1 cm³/mol. The number of ether oxygens (including phenoxy) is 1. The average Bonchev–Trinajstić information content (AvgIpc) is 2.47. The van der Waals surface area contributed by atoms with E-state index >= 15 is 0 Å². The van der Waals surface area contributed by atoms with Crippen LogP contribution >= 0.6 is 0 Å². The number of quaternary nitrogens is 1. The zero-order valence-electron chi connectivity index (χ0n) is 15.2. The van der Waals surface area contributed by atoms with Crippen LogP contribution in [0.3, 0.4) is 0 Å². The van der Waals surface area contributed by atoms with Gasteiger partial charge in [0.2, 0.25) is 0 Å². The third-order valence-electron chi connectivity index (χ3n) is 5.97. The number of hydrogen-bond donors (Lipinski definition) is 2. The summed E-state index contributed by atoms with van der Waals surface area (Å²) in [5, 5.41) is 10.3. The largest absolute Gasteiger partial charge is 0.385 e. The monoisotopic (exact) mass is 312 g/mol. The molecule has 1 aliphatic carbocycles. The lowest BCUT2D eigenvalue weighted by molar-refractivity contribution is -0.909. The molecule has 4 atom stereocenters. The molecule has 0 amide bonds. The molecule has 3 heteroatoms. The lowest BCUT2D eigenvalue weighted by Crippen LogP contribution is -3.14. The minimum absolute atomic E-state index is 0.298. The minimum Gasteiger partial charge on any atom is -0.385 e. The summed E-state index contributed by atoms with van der Waals surface area (Å²) in [7, 11) is 0. The van der Waals surface area contributed by atoms with Crippen molar-refractivity contribution in [3.05, 3.63) is 0 Å². The van der Waals surface area contributed by atoms with Gasteiger partial charge in [-0.15, -0.1) is 0 Å². The molecule has 0 spiro atoms. The highest BCUT2D eigenvalue weighted by atomic mass is 16.5. The van der Waals surface area contributed by atoms with Gasteiger partial charge in [-0.3, -0.25) is 0 Å². The van der Waals surface area contributed by atoms with Crippen LogP contribution in [0.1, 0.15) is 59.8 Å². The lowest BCUT2D eigenvalue weighted by atomic mass is 9.75. The maximum absolute atomic E-state index is 10.3. The lowest BCUT2D eigenvalue weighted by Gasteiger charge is -2.37. The summed E-state index contributed by atoms with van der Waals surface area (Å²) in [6.45, 7) is 13.1. The molecule has 0 bridgehead atoms. The molecule has 1 aliphatic heterocycles. The van der Waals surface area contributed by atoms with Crippen LogP contribution in [0.5, 0.6) is 0 Å². The summed E-state index contributed by atoms with van der Waals surface area (Å²) in [4.78, 5) is 1.56. The van der Waals surface area contributed by atoms with E-state index in [0.717, 1.165) is 18.4 Å². The topological polar surface area (TPSA) is 33.9 Å². The summed E-state index contributed by atoms with van der Waals surface area (Å²) in [5.74, 6) is 2.99. The van der Waals surface area contributed by atoms with Crippen molar-refractivity contribution in [1.82, 2.24) is 0 Å². The van der Waals surface area contributed by atoms with Gasteiger partial charge < -0.3 is 14.7 Å². The maximum atomic E-state index is 10.3. The van der Waals surface area contributed by atoms with E-state index in [0.29, 0.717) is 24.5 Å². The number of rotatable bonds is 6. The van der Waals surface area contributed by atoms with Crippen LogP contribution in [0.4, 0.5) is 0 Å². The Hall–Kier alpha value is -0.120. The predicted octanol–water partition coefficient (Wildman–Crippen LogP) is 2.14. The van der Waals surface area contributed by atoms with Crippen molar-refractivity contribution < 1.29 is 14.7 Å². The molecule has 0 unspecified atom stereocenters. The molecule has 2 N–H and O–H groups in total. The van der Waals surface area contributed by atoms with E-state index in [4.69, 9.17) is 4.74 Å². The smallest absolute Gasteiger partial charge is 0.126 e. The first kappa shape index (κ1) is 18.2. The third-order valence-corrected chi connectivity index (χ3v) is 5.97. The highest BCUT2D eigenvalue weighted by molar-refractivity contribution is 4.81. The maximum Gasteiger partial charge on any atom is 0.126 e. The molecule has 2 aliphatic rings. The van der Waals surface area contributed by atoms with Gasteiger partial charge in [-0.05, 0) is 49.4 Å². The molecular weight excluding hydrogens is 274 g/mol. The average molecular weight is 313 g/mol. The van der Waals surface area contributed by atoms with Crippen molar-refractivity contribution >= 4 is 0 Å². The van der Waals surface area contributed by atoms with Gasteiger partial charge in [0, 0.05) is 0 Å². The molecule has 2 fully saturated rings. The summed E-state index contributed by atoms with van der Waals surface area (Å²) in [6.07, 6.45) is 6.46. The van der Waals surface area contributed by atoms with Gasteiger partial charge >= 0.3 is 0 Å². The quantitative estimate of drug-likeness (QED) is 0.788. The van der Waals surface area contributed by atoms with Gasteiger partial charge in [0.15, 0.2) is 0 Å².